The van der Waals surface area contributed by atoms with Crippen molar-refractivity contribution in [2.24, 2.45) is 5.41 Å². The molecule has 2 amide bonds. The Morgan fingerprint density at radius 2 is 1.88 bits per heavy atom. The number of benzene rings is 3. The maximum absolute atomic E-state index is 16.0. The first-order valence-corrected chi connectivity index (χ1v) is 14.6. The summed E-state index contributed by atoms with van der Waals surface area (Å²) in [6.07, 6.45) is 0.500. The highest BCUT2D eigenvalue weighted by Crippen LogP contribution is 2.61. The van der Waals surface area contributed by atoms with Crippen molar-refractivity contribution in [1.82, 2.24) is 4.90 Å². The second-order valence-electron chi connectivity index (χ2n) is 12.5. The first-order valence-electron chi connectivity index (χ1n) is 13.8. The third kappa shape index (κ3) is 4.39. The van der Waals surface area contributed by atoms with E-state index in [1.165, 1.54) is 30.2 Å². The summed E-state index contributed by atoms with van der Waals surface area (Å²) in [5.41, 5.74) is 0.118. The van der Waals surface area contributed by atoms with Gasteiger partial charge < -0.3 is 15.2 Å². The van der Waals surface area contributed by atoms with E-state index in [1.807, 2.05) is 4.90 Å². The van der Waals surface area contributed by atoms with Gasteiger partial charge in [0.2, 0.25) is 11.8 Å². The van der Waals surface area contributed by atoms with Crippen LogP contribution in [0.15, 0.2) is 54.6 Å². The van der Waals surface area contributed by atoms with Gasteiger partial charge in [-0.1, -0.05) is 62.2 Å². The number of ether oxygens (including phenoxy) is 1. The fourth-order valence-corrected chi connectivity index (χ4v) is 7.56. The summed E-state index contributed by atoms with van der Waals surface area (Å²) in [5.74, 6) is -3.36. The molecule has 11 heteroatoms. The molecule has 0 bridgehead atoms. The summed E-state index contributed by atoms with van der Waals surface area (Å²) < 4.78 is 21.4. The van der Waals surface area contributed by atoms with E-state index in [9.17, 15) is 19.5 Å². The van der Waals surface area contributed by atoms with Crippen molar-refractivity contribution in [1.29, 1.82) is 0 Å². The highest BCUT2D eigenvalue weighted by molar-refractivity contribution is 6.31. The molecule has 4 atom stereocenters. The molecular weight excluding hydrogens is 596 g/mol. The summed E-state index contributed by atoms with van der Waals surface area (Å²) in [6.45, 7) is 6.27. The van der Waals surface area contributed by atoms with Gasteiger partial charge in [0.25, 0.3) is 0 Å². The fraction of sp³-hybridized carbons (Fsp3) is 0.344. The molecule has 0 aromatic heterocycles. The van der Waals surface area contributed by atoms with Crippen LogP contribution in [-0.4, -0.2) is 53.7 Å². The van der Waals surface area contributed by atoms with E-state index >= 15 is 4.39 Å². The molecule has 8 nitrogen and oxygen atoms in total. The lowest BCUT2D eigenvalue weighted by atomic mass is 9.62. The Hall–Kier alpha value is -3.66. The minimum Gasteiger partial charge on any atom is -0.496 e. The van der Waals surface area contributed by atoms with Crippen LogP contribution in [0.1, 0.15) is 54.6 Å². The molecule has 2 N–H and O–H groups in total. The smallest absolute Gasteiger partial charge is 0.339 e. The van der Waals surface area contributed by atoms with E-state index in [1.54, 1.807) is 36.4 Å². The largest absolute Gasteiger partial charge is 0.496 e. The van der Waals surface area contributed by atoms with Crippen molar-refractivity contribution < 1.29 is 28.6 Å². The number of halogens is 3. The number of carbonyl (C=O) groups excluding carboxylic acids is 2. The van der Waals surface area contributed by atoms with Crippen molar-refractivity contribution in [3.63, 3.8) is 0 Å². The lowest BCUT2D eigenvalue weighted by Gasteiger charge is -2.40. The van der Waals surface area contributed by atoms with E-state index in [0.717, 1.165) is 0 Å². The number of carboxylic acid groups (broad SMARTS) is 1. The minimum absolute atomic E-state index is 0.0419. The van der Waals surface area contributed by atoms with Gasteiger partial charge in [-0.05, 0) is 53.3 Å². The van der Waals surface area contributed by atoms with Crippen LogP contribution in [-0.2, 0) is 15.0 Å². The van der Waals surface area contributed by atoms with Crippen LogP contribution in [0.4, 0.5) is 15.8 Å². The van der Waals surface area contributed by atoms with Crippen LogP contribution >= 0.6 is 23.2 Å². The van der Waals surface area contributed by atoms with Gasteiger partial charge in [0, 0.05) is 34.4 Å². The Labute approximate surface area is 258 Å². The number of amides is 2. The van der Waals surface area contributed by atoms with E-state index in [4.69, 9.17) is 27.9 Å². The number of carbonyl (C=O) groups is 3. The molecule has 3 aromatic rings. The molecule has 0 saturated carbocycles. The number of aromatic carboxylic acids is 1. The Kier molecular flexibility index (Phi) is 6.99. The van der Waals surface area contributed by atoms with Gasteiger partial charge in [0.15, 0.2) is 0 Å². The first-order chi connectivity index (χ1) is 20.3. The van der Waals surface area contributed by atoms with Crippen molar-refractivity contribution >= 4 is 52.4 Å². The predicted octanol–water partition coefficient (Wildman–Crippen LogP) is 6.31. The van der Waals surface area contributed by atoms with Crippen LogP contribution in [0.3, 0.4) is 0 Å². The zero-order valence-electron chi connectivity index (χ0n) is 24.0. The topological polar surface area (TPSA) is 99.2 Å². The van der Waals surface area contributed by atoms with Gasteiger partial charge in [0.05, 0.1) is 24.8 Å². The molecule has 3 aromatic carbocycles. The number of fused-ring (bicyclic) bond motifs is 3. The maximum Gasteiger partial charge on any atom is 0.339 e. The fourth-order valence-electron chi connectivity index (χ4n) is 7.20. The Bertz CT molecular complexity index is 1690. The average molecular weight is 627 g/mol. The molecule has 3 heterocycles. The standard InChI is InChI=1S/C32H30Cl2FN3O5/c1-31(2,3)14-24-32(20-11-8-16(33)12-22(20)36-30(32)42)25(19-6-5-7-21(34)26(19)35)27-28(39)37(15-38(24)27)17-9-10-18(29(40)41)23(13-17)43-4/h5-13,24-25,27H,14-15H2,1-4H3,(H,36,42)(H,40,41)/t24-,25?,27+,32+/m0/s1. The van der Waals surface area contributed by atoms with Crippen molar-refractivity contribution in [2.45, 2.75) is 50.6 Å². The van der Waals surface area contributed by atoms with Crippen LogP contribution in [0, 0.1) is 11.2 Å². The number of anilines is 2. The van der Waals surface area contributed by atoms with Crippen LogP contribution < -0.4 is 15.0 Å². The number of hydrogen-bond donors (Lipinski definition) is 2. The molecule has 0 aliphatic carbocycles. The highest BCUT2D eigenvalue weighted by Gasteiger charge is 2.71. The average Bonchev–Trinajstić information content (AvgIpc) is 3.52. The lowest BCUT2D eigenvalue weighted by molar-refractivity contribution is -0.122. The Balaban J connectivity index is 1.59. The monoisotopic (exact) mass is 625 g/mol. The predicted molar refractivity (Wildman–Crippen MR) is 162 cm³/mol. The first kappa shape index (κ1) is 29.4. The van der Waals surface area contributed by atoms with Crippen LogP contribution in [0.2, 0.25) is 10.0 Å². The molecule has 3 aliphatic heterocycles. The molecular formula is C32H30Cl2FN3O5. The van der Waals surface area contributed by atoms with E-state index in [-0.39, 0.29) is 45.8 Å². The normalized spacial score (nSPS) is 24.8. The quantitative estimate of drug-likeness (QED) is 0.345. The summed E-state index contributed by atoms with van der Waals surface area (Å²) in [4.78, 5) is 44.1. The molecule has 2 saturated heterocycles. The molecule has 43 heavy (non-hydrogen) atoms. The van der Waals surface area contributed by atoms with Gasteiger partial charge in [-0.2, -0.15) is 0 Å². The van der Waals surface area contributed by atoms with Crippen molar-refractivity contribution in [3.05, 3.63) is 87.2 Å². The van der Waals surface area contributed by atoms with Crippen molar-refractivity contribution in [3.8, 4) is 5.75 Å². The van der Waals surface area contributed by atoms with E-state index in [0.29, 0.717) is 28.4 Å². The van der Waals surface area contributed by atoms with E-state index < -0.39 is 35.2 Å². The minimum atomic E-state index is -1.34. The Morgan fingerprint density at radius 1 is 1.14 bits per heavy atom. The molecule has 2 fully saturated rings. The lowest BCUT2D eigenvalue weighted by Crippen LogP contribution is -2.52. The molecule has 3 aliphatic rings. The zero-order chi connectivity index (χ0) is 31.0. The highest BCUT2D eigenvalue weighted by atomic mass is 35.5. The third-order valence-corrected chi connectivity index (χ3v) is 9.34. The number of nitrogens with one attached hydrogen (secondary N) is 1. The third-order valence-electron chi connectivity index (χ3n) is 8.81. The second kappa shape index (κ2) is 10.2. The molecule has 6 rings (SSSR count). The molecule has 0 radical (unpaired) electrons. The number of hydrogen-bond acceptors (Lipinski definition) is 5. The van der Waals surface area contributed by atoms with Gasteiger partial charge in [0.1, 0.15) is 22.5 Å². The number of methoxy groups -OCH3 is 1. The van der Waals surface area contributed by atoms with Crippen LogP contribution in [0.25, 0.3) is 0 Å². The Morgan fingerprint density at radius 3 is 2.56 bits per heavy atom. The van der Waals surface area contributed by atoms with Gasteiger partial charge in [-0.25, -0.2) is 9.18 Å². The zero-order valence-corrected chi connectivity index (χ0v) is 25.5. The van der Waals surface area contributed by atoms with Gasteiger partial charge in [-0.3, -0.25) is 19.4 Å². The summed E-state index contributed by atoms with van der Waals surface area (Å²) in [6, 6.07) is 12.8. The molecule has 1 unspecified atom stereocenters. The number of carboxylic acids is 1. The SMILES string of the molecule is COc1cc(N2CN3[C@@H](CC(C)(C)C)[C@@]4(C(=O)Nc5cc(Cl)ccc54)C(c4cccc(Cl)c4F)[C@@H]3C2=O)ccc1C(=O)O. The molecule has 224 valence electrons. The maximum atomic E-state index is 16.0. The summed E-state index contributed by atoms with van der Waals surface area (Å²) in [5, 5.41) is 12.9. The summed E-state index contributed by atoms with van der Waals surface area (Å²) >= 11 is 12.6. The number of rotatable bonds is 5. The van der Waals surface area contributed by atoms with E-state index in [2.05, 4.69) is 26.1 Å². The van der Waals surface area contributed by atoms with Crippen molar-refractivity contribution in [2.75, 3.05) is 24.0 Å². The van der Waals surface area contributed by atoms with Gasteiger partial charge >= 0.3 is 5.97 Å². The molecule has 1 spiro atoms. The van der Waals surface area contributed by atoms with Gasteiger partial charge in [-0.15, -0.1) is 0 Å². The summed E-state index contributed by atoms with van der Waals surface area (Å²) in [7, 11) is 1.36. The second-order valence-corrected chi connectivity index (χ2v) is 13.3. The van der Waals surface area contributed by atoms with Crippen LogP contribution in [0.5, 0.6) is 5.75 Å². The number of nitrogens with zero attached hydrogens (tertiary/aromatic N) is 2.